The lowest BCUT2D eigenvalue weighted by Gasteiger charge is -2.26. The van der Waals surface area contributed by atoms with Crippen molar-refractivity contribution >= 4 is 0 Å². The Labute approximate surface area is 117 Å². The summed E-state index contributed by atoms with van der Waals surface area (Å²) in [7, 11) is 0. The second kappa shape index (κ2) is 7.16. The van der Waals surface area contributed by atoms with Crippen LogP contribution in [0.4, 0.5) is 8.78 Å². The van der Waals surface area contributed by atoms with Crippen molar-refractivity contribution in [3.05, 3.63) is 47.5 Å². The standard InChI is InChI=1S/C16H17F2NO/c17-14-5-1-13(2-6-14)11-20-16-7-3-12(4-8-16)9-15(18)10-19/h1-2,5-6,9,12,16H,3-4,7-8,11H2/b15-9-/t12-,16-. The van der Waals surface area contributed by atoms with Crippen LogP contribution in [-0.4, -0.2) is 6.10 Å². The fourth-order valence-electron chi connectivity index (χ4n) is 2.46. The van der Waals surface area contributed by atoms with E-state index in [9.17, 15) is 8.78 Å². The van der Waals surface area contributed by atoms with Gasteiger partial charge in [0.15, 0.2) is 5.83 Å². The first-order chi connectivity index (χ1) is 9.67. The molecule has 20 heavy (non-hydrogen) atoms. The van der Waals surface area contributed by atoms with Crippen molar-refractivity contribution in [1.29, 1.82) is 5.26 Å². The third-order valence-corrected chi connectivity index (χ3v) is 3.61. The third kappa shape index (κ3) is 4.43. The predicted octanol–water partition coefficient (Wildman–Crippen LogP) is 4.28. The van der Waals surface area contributed by atoms with Gasteiger partial charge in [-0.3, -0.25) is 0 Å². The lowest BCUT2D eigenvalue weighted by atomic mass is 9.87. The van der Waals surface area contributed by atoms with E-state index in [2.05, 4.69) is 0 Å². The number of hydrogen-bond acceptors (Lipinski definition) is 2. The van der Waals surface area contributed by atoms with Crippen LogP contribution in [0.25, 0.3) is 0 Å². The minimum Gasteiger partial charge on any atom is -0.374 e. The van der Waals surface area contributed by atoms with Crippen LogP contribution in [0.2, 0.25) is 0 Å². The molecule has 2 rings (SSSR count). The predicted molar refractivity (Wildman–Crippen MR) is 71.7 cm³/mol. The van der Waals surface area contributed by atoms with Gasteiger partial charge in [-0.1, -0.05) is 12.1 Å². The molecule has 106 valence electrons. The molecule has 1 saturated carbocycles. The monoisotopic (exact) mass is 277 g/mol. The van der Waals surface area contributed by atoms with Crippen LogP contribution in [0.3, 0.4) is 0 Å². The van der Waals surface area contributed by atoms with Gasteiger partial charge in [-0.15, -0.1) is 0 Å². The Morgan fingerprint density at radius 2 is 1.90 bits per heavy atom. The largest absolute Gasteiger partial charge is 0.374 e. The second-order valence-corrected chi connectivity index (χ2v) is 5.10. The van der Waals surface area contributed by atoms with Gasteiger partial charge in [0.05, 0.1) is 12.7 Å². The highest BCUT2D eigenvalue weighted by Gasteiger charge is 2.20. The van der Waals surface area contributed by atoms with Gasteiger partial charge in [0.2, 0.25) is 0 Å². The number of allylic oxidation sites excluding steroid dienone is 2. The molecule has 0 aromatic heterocycles. The van der Waals surface area contributed by atoms with Crippen LogP contribution in [0.5, 0.6) is 0 Å². The molecule has 1 aliphatic rings. The Morgan fingerprint density at radius 1 is 1.25 bits per heavy atom. The van der Waals surface area contributed by atoms with Gasteiger partial charge >= 0.3 is 0 Å². The van der Waals surface area contributed by atoms with Crippen LogP contribution >= 0.6 is 0 Å². The molecule has 1 aliphatic carbocycles. The van der Waals surface area contributed by atoms with E-state index in [0.717, 1.165) is 31.2 Å². The summed E-state index contributed by atoms with van der Waals surface area (Å²) < 4.78 is 31.4. The molecule has 0 bridgehead atoms. The minimum atomic E-state index is -0.694. The zero-order valence-electron chi connectivity index (χ0n) is 11.2. The van der Waals surface area contributed by atoms with Crippen molar-refractivity contribution < 1.29 is 13.5 Å². The Balaban J connectivity index is 1.75. The fourth-order valence-corrected chi connectivity index (χ4v) is 2.46. The number of benzene rings is 1. The van der Waals surface area contributed by atoms with Crippen LogP contribution in [0.1, 0.15) is 31.2 Å². The van der Waals surface area contributed by atoms with Gasteiger partial charge in [-0.05, 0) is 55.4 Å². The SMILES string of the molecule is N#C/C(F)=C/[C@H]1CC[C@H](OCc2ccc(F)cc2)CC1. The summed E-state index contributed by atoms with van der Waals surface area (Å²) in [6.45, 7) is 0.470. The average molecular weight is 277 g/mol. The summed E-state index contributed by atoms with van der Waals surface area (Å²) in [6, 6.07) is 7.78. The Bertz CT molecular complexity index is 496. The third-order valence-electron chi connectivity index (χ3n) is 3.61. The van der Waals surface area contributed by atoms with Crippen molar-refractivity contribution in [2.75, 3.05) is 0 Å². The molecule has 1 aromatic carbocycles. The number of halogens is 2. The normalized spacial score (nSPS) is 23.4. The molecule has 0 unspecified atom stereocenters. The highest BCUT2D eigenvalue weighted by molar-refractivity contribution is 5.15. The van der Waals surface area contributed by atoms with E-state index in [1.807, 2.05) is 0 Å². The van der Waals surface area contributed by atoms with Crippen LogP contribution < -0.4 is 0 Å². The van der Waals surface area contributed by atoms with Crippen LogP contribution in [0, 0.1) is 23.1 Å². The number of hydrogen-bond donors (Lipinski definition) is 0. The first kappa shape index (κ1) is 14.7. The summed E-state index contributed by atoms with van der Waals surface area (Å²) in [5.74, 6) is -0.804. The summed E-state index contributed by atoms with van der Waals surface area (Å²) in [5.41, 5.74) is 0.948. The topological polar surface area (TPSA) is 33.0 Å². The molecule has 0 saturated heterocycles. The summed E-state index contributed by atoms with van der Waals surface area (Å²) in [4.78, 5) is 0. The molecule has 0 N–H and O–H groups in total. The summed E-state index contributed by atoms with van der Waals surface area (Å²) in [6.07, 6.45) is 4.97. The van der Waals surface area contributed by atoms with E-state index in [-0.39, 0.29) is 17.8 Å². The van der Waals surface area contributed by atoms with Gasteiger partial charge in [0.1, 0.15) is 11.9 Å². The quantitative estimate of drug-likeness (QED) is 0.770. The molecule has 0 aliphatic heterocycles. The molecule has 0 radical (unpaired) electrons. The Morgan fingerprint density at radius 3 is 2.50 bits per heavy atom. The first-order valence-electron chi connectivity index (χ1n) is 6.81. The van der Waals surface area contributed by atoms with Crippen molar-refractivity contribution in [2.24, 2.45) is 5.92 Å². The van der Waals surface area contributed by atoms with E-state index < -0.39 is 5.83 Å². The summed E-state index contributed by atoms with van der Waals surface area (Å²) >= 11 is 0. The van der Waals surface area contributed by atoms with Gasteiger partial charge in [0, 0.05) is 0 Å². The lowest BCUT2D eigenvalue weighted by Crippen LogP contribution is -2.20. The van der Waals surface area contributed by atoms with Gasteiger partial charge in [0.25, 0.3) is 0 Å². The van der Waals surface area contributed by atoms with Crippen molar-refractivity contribution in [3.8, 4) is 6.07 Å². The van der Waals surface area contributed by atoms with E-state index in [1.165, 1.54) is 24.3 Å². The van der Waals surface area contributed by atoms with Crippen molar-refractivity contribution in [3.63, 3.8) is 0 Å². The van der Waals surface area contributed by atoms with E-state index in [0.29, 0.717) is 6.61 Å². The number of nitriles is 1. The van der Waals surface area contributed by atoms with E-state index >= 15 is 0 Å². The van der Waals surface area contributed by atoms with Crippen molar-refractivity contribution in [1.82, 2.24) is 0 Å². The molecule has 0 amide bonds. The first-order valence-corrected chi connectivity index (χ1v) is 6.81. The smallest absolute Gasteiger partial charge is 0.196 e. The number of rotatable bonds is 4. The zero-order valence-corrected chi connectivity index (χ0v) is 11.2. The van der Waals surface area contributed by atoms with Gasteiger partial charge in [-0.25, -0.2) is 4.39 Å². The maximum absolute atomic E-state index is 12.9. The van der Waals surface area contributed by atoms with E-state index in [1.54, 1.807) is 12.1 Å². The molecule has 1 aromatic rings. The minimum absolute atomic E-state index is 0.139. The zero-order chi connectivity index (χ0) is 14.4. The molecule has 2 nitrogen and oxygen atoms in total. The van der Waals surface area contributed by atoms with Crippen LogP contribution in [0.15, 0.2) is 36.2 Å². The molecular formula is C16H17F2NO. The molecule has 4 heteroatoms. The summed E-state index contributed by atoms with van der Waals surface area (Å²) in [5, 5.41) is 8.40. The van der Waals surface area contributed by atoms with Gasteiger partial charge in [-0.2, -0.15) is 9.65 Å². The van der Waals surface area contributed by atoms with E-state index in [4.69, 9.17) is 10.00 Å². The number of nitrogens with zero attached hydrogens (tertiary/aromatic N) is 1. The average Bonchev–Trinajstić information content (AvgIpc) is 2.48. The molecule has 0 atom stereocenters. The second-order valence-electron chi connectivity index (χ2n) is 5.10. The van der Waals surface area contributed by atoms with Gasteiger partial charge < -0.3 is 4.74 Å². The molecule has 0 spiro atoms. The highest BCUT2D eigenvalue weighted by Crippen LogP contribution is 2.28. The lowest BCUT2D eigenvalue weighted by molar-refractivity contribution is 0.0109. The fraction of sp³-hybridized carbons (Fsp3) is 0.438. The molecular weight excluding hydrogens is 260 g/mol. The maximum Gasteiger partial charge on any atom is 0.196 e. The van der Waals surface area contributed by atoms with Crippen molar-refractivity contribution in [2.45, 2.75) is 38.4 Å². The maximum atomic E-state index is 12.9. The highest BCUT2D eigenvalue weighted by atomic mass is 19.1. The molecule has 1 fully saturated rings. The molecule has 0 heterocycles. The Kier molecular flexibility index (Phi) is 5.25. The van der Waals surface area contributed by atoms with Crippen LogP contribution in [-0.2, 0) is 11.3 Å². The Hall–Kier alpha value is -1.73. The number of ether oxygens (including phenoxy) is 1.